The third-order valence-corrected chi connectivity index (χ3v) is 4.46. The fourth-order valence-electron chi connectivity index (χ4n) is 3.14. The van der Waals surface area contributed by atoms with Gasteiger partial charge in [-0.3, -0.25) is 4.79 Å². The number of amides is 1. The second-order valence-corrected chi connectivity index (χ2v) is 8.26. The summed E-state index contributed by atoms with van der Waals surface area (Å²) in [6, 6.07) is 7.54. The summed E-state index contributed by atoms with van der Waals surface area (Å²) >= 11 is 0. The highest BCUT2D eigenvalue weighted by Gasteiger charge is 2.35. The number of carbonyl (C=O) groups excluding carboxylic acids is 1. The molecule has 1 aromatic heterocycles. The van der Waals surface area contributed by atoms with E-state index in [1.54, 1.807) is 6.07 Å². The summed E-state index contributed by atoms with van der Waals surface area (Å²) in [5, 5.41) is 27.8. The molecule has 1 aromatic carbocycles. The Labute approximate surface area is 170 Å². The summed E-state index contributed by atoms with van der Waals surface area (Å²) in [5.41, 5.74) is 2.40. The highest BCUT2D eigenvalue weighted by molar-refractivity contribution is 5.95. The van der Waals surface area contributed by atoms with E-state index in [9.17, 15) is 15.0 Å². The zero-order valence-electron chi connectivity index (χ0n) is 17.8. The number of aromatic nitrogens is 1. The maximum atomic E-state index is 12.2. The number of nitrogens with zero attached hydrogens (tertiary/aromatic N) is 1. The van der Waals surface area contributed by atoms with Gasteiger partial charge in [-0.1, -0.05) is 25.9 Å². The first kappa shape index (κ1) is 22.9. The lowest BCUT2D eigenvalue weighted by molar-refractivity contribution is -0.120. The van der Waals surface area contributed by atoms with Crippen molar-refractivity contribution in [3.05, 3.63) is 30.0 Å². The van der Waals surface area contributed by atoms with E-state index in [0.717, 1.165) is 16.6 Å². The van der Waals surface area contributed by atoms with Gasteiger partial charge >= 0.3 is 0 Å². The minimum Gasteiger partial charge on any atom is -0.390 e. The lowest BCUT2D eigenvalue weighted by atomic mass is 9.83. The summed E-state index contributed by atoms with van der Waals surface area (Å²) in [6.45, 7) is 8.81. The van der Waals surface area contributed by atoms with E-state index in [2.05, 4.69) is 15.5 Å². The topological polar surface area (TPSA) is 116 Å². The highest BCUT2D eigenvalue weighted by Crippen LogP contribution is 2.25. The van der Waals surface area contributed by atoms with Gasteiger partial charge in [-0.25, -0.2) is 0 Å². The van der Waals surface area contributed by atoms with Gasteiger partial charge in [-0.05, 0) is 43.5 Å². The first-order chi connectivity index (χ1) is 13.5. The van der Waals surface area contributed by atoms with Crippen molar-refractivity contribution >= 4 is 28.2 Å². The number of anilines is 1. The smallest absolute Gasteiger partial charge is 0.265 e. The molecule has 2 aromatic rings. The van der Waals surface area contributed by atoms with E-state index >= 15 is 0 Å². The molecule has 160 valence electrons. The van der Waals surface area contributed by atoms with Crippen LogP contribution >= 0.6 is 0 Å². The molecule has 8 heteroatoms. The predicted molar refractivity (Wildman–Crippen MR) is 113 cm³/mol. The number of nitrogens with one attached hydrogen (secondary N) is 2. The molecule has 0 bridgehead atoms. The molecule has 0 radical (unpaired) electrons. The normalized spacial score (nSPS) is 15.8. The molecular formula is C21H31N3O5. The average Bonchev–Trinajstić information content (AvgIpc) is 2.98. The molecule has 0 spiro atoms. The molecule has 1 amide bonds. The molecule has 8 nitrogen and oxygen atoms in total. The number of H-pyrrole nitrogens is 1. The average molecular weight is 405 g/mol. The van der Waals surface area contributed by atoms with Gasteiger partial charge in [0, 0.05) is 29.4 Å². The summed E-state index contributed by atoms with van der Waals surface area (Å²) in [4.78, 5) is 20.6. The van der Waals surface area contributed by atoms with Gasteiger partial charge in [-0.15, -0.1) is 0 Å². The summed E-state index contributed by atoms with van der Waals surface area (Å²) in [5.74, 6) is -0.393. The summed E-state index contributed by atoms with van der Waals surface area (Å²) in [6.07, 6.45) is -2.95. The van der Waals surface area contributed by atoms with Gasteiger partial charge < -0.3 is 30.1 Å². The van der Waals surface area contributed by atoms with E-state index in [-0.39, 0.29) is 12.3 Å². The van der Waals surface area contributed by atoms with E-state index in [1.165, 1.54) is 14.0 Å². The summed E-state index contributed by atoms with van der Waals surface area (Å²) in [7, 11) is 1.49. The first-order valence-corrected chi connectivity index (χ1v) is 9.50. The minimum absolute atomic E-state index is 0.131. The standard InChI is InChI=1S/C21H31N3O5/c1-12-9-14-10-15(7-8-16(14)22-12)23-17(26)11-29-24-18(19(27)13(2)25)20(28-6)21(3,4)5/h7-10,13,19-20,22,25,27H,11H2,1-6H3,(H,23,26)/b24-18+/t13-,19+,20-/m1/s1. The van der Waals surface area contributed by atoms with Crippen molar-refractivity contribution in [3.63, 3.8) is 0 Å². The van der Waals surface area contributed by atoms with Gasteiger partial charge in [0.1, 0.15) is 17.9 Å². The maximum Gasteiger partial charge on any atom is 0.265 e. The molecule has 2 rings (SSSR count). The fraction of sp³-hybridized carbons (Fsp3) is 0.524. The second-order valence-electron chi connectivity index (χ2n) is 8.26. The first-order valence-electron chi connectivity index (χ1n) is 9.50. The van der Waals surface area contributed by atoms with E-state index in [1.807, 2.05) is 45.9 Å². The monoisotopic (exact) mass is 405 g/mol. The maximum absolute atomic E-state index is 12.2. The Bertz CT molecular complexity index is 867. The molecule has 29 heavy (non-hydrogen) atoms. The van der Waals surface area contributed by atoms with Gasteiger partial charge in [0.15, 0.2) is 6.61 Å². The van der Waals surface area contributed by atoms with Gasteiger partial charge in [-0.2, -0.15) is 0 Å². The van der Waals surface area contributed by atoms with Crippen molar-refractivity contribution in [2.24, 2.45) is 10.6 Å². The van der Waals surface area contributed by atoms with Crippen molar-refractivity contribution in [1.29, 1.82) is 0 Å². The number of fused-ring (bicyclic) bond motifs is 1. The lowest BCUT2D eigenvalue weighted by Gasteiger charge is -2.32. The molecule has 3 atom stereocenters. The number of oxime groups is 1. The molecule has 0 saturated carbocycles. The molecule has 0 fully saturated rings. The van der Waals surface area contributed by atoms with Gasteiger partial charge in [0.25, 0.3) is 5.91 Å². The highest BCUT2D eigenvalue weighted by atomic mass is 16.6. The molecular weight excluding hydrogens is 374 g/mol. The Kier molecular flexibility index (Phi) is 7.40. The molecule has 1 heterocycles. The number of hydrogen-bond acceptors (Lipinski definition) is 6. The van der Waals surface area contributed by atoms with Crippen LogP contribution in [0.4, 0.5) is 5.69 Å². The third-order valence-electron chi connectivity index (χ3n) is 4.46. The number of aromatic amines is 1. The summed E-state index contributed by atoms with van der Waals surface area (Å²) < 4.78 is 5.46. The van der Waals surface area contributed by atoms with E-state index in [0.29, 0.717) is 5.69 Å². The number of aliphatic hydroxyl groups excluding tert-OH is 2. The molecule has 0 unspecified atom stereocenters. The van der Waals surface area contributed by atoms with Crippen LogP contribution in [0.5, 0.6) is 0 Å². The van der Waals surface area contributed by atoms with Crippen LogP contribution in [0, 0.1) is 12.3 Å². The minimum atomic E-state index is -1.28. The van der Waals surface area contributed by atoms with Gasteiger partial charge in [0.2, 0.25) is 0 Å². The molecule has 0 saturated heterocycles. The number of aryl methyl sites for hydroxylation is 1. The number of rotatable bonds is 8. The number of hydrogen-bond donors (Lipinski definition) is 4. The van der Waals surface area contributed by atoms with Crippen LogP contribution in [0.2, 0.25) is 0 Å². The number of aliphatic hydroxyl groups is 2. The number of carbonyl (C=O) groups is 1. The fourth-order valence-corrected chi connectivity index (χ4v) is 3.14. The Morgan fingerprint density at radius 2 is 1.97 bits per heavy atom. The largest absolute Gasteiger partial charge is 0.390 e. The van der Waals surface area contributed by atoms with Crippen molar-refractivity contribution in [1.82, 2.24) is 4.98 Å². The number of ether oxygens (including phenoxy) is 1. The Morgan fingerprint density at radius 1 is 1.28 bits per heavy atom. The van der Waals surface area contributed by atoms with Crippen molar-refractivity contribution < 1.29 is 24.6 Å². The van der Waals surface area contributed by atoms with Gasteiger partial charge in [0.05, 0.1) is 6.10 Å². The van der Waals surface area contributed by atoms with Crippen molar-refractivity contribution in [3.8, 4) is 0 Å². The SMILES string of the molecule is CO[C@H](/C(=N/OCC(=O)Nc1ccc2[nH]c(C)cc2c1)[C@@H](O)[C@@H](C)O)C(C)(C)C. The molecule has 0 aliphatic heterocycles. The van der Waals surface area contributed by atoms with Crippen LogP contribution in [0.3, 0.4) is 0 Å². The quantitative estimate of drug-likeness (QED) is 0.398. The molecule has 0 aliphatic carbocycles. The van der Waals surface area contributed by atoms with Crippen LogP contribution in [-0.2, 0) is 14.4 Å². The van der Waals surface area contributed by atoms with E-state index in [4.69, 9.17) is 9.57 Å². The van der Waals surface area contributed by atoms with Crippen LogP contribution in [0.15, 0.2) is 29.4 Å². The predicted octanol–water partition coefficient (Wildman–Crippen LogP) is 2.59. The zero-order chi connectivity index (χ0) is 21.8. The van der Waals surface area contributed by atoms with Crippen molar-refractivity contribution in [2.75, 3.05) is 19.0 Å². The van der Waals surface area contributed by atoms with Crippen LogP contribution in [-0.4, -0.2) is 58.8 Å². The Hall–Kier alpha value is -2.42. The van der Waals surface area contributed by atoms with Crippen molar-refractivity contribution in [2.45, 2.75) is 52.9 Å². The number of benzene rings is 1. The lowest BCUT2D eigenvalue weighted by Crippen LogP contribution is -2.46. The van der Waals surface area contributed by atoms with E-state index < -0.39 is 29.6 Å². The third kappa shape index (κ3) is 6.03. The number of methoxy groups -OCH3 is 1. The van der Waals surface area contributed by atoms with Crippen LogP contribution in [0.25, 0.3) is 10.9 Å². The zero-order valence-corrected chi connectivity index (χ0v) is 17.8. The van der Waals surface area contributed by atoms with Crippen LogP contribution < -0.4 is 5.32 Å². The molecule has 0 aliphatic rings. The van der Waals surface area contributed by atoms with Crippen LogP contribution in [0.1, 0.15) is 33.4 Å². The Morgan fingerprint density at radius 3 is 2.55 bits per heavy atom. The second kappa shape index (κ2) is 9.39. The molecule has 4 N–H and O–H groups in total. The Balaban J connectivity index is 2.06.